The van der Waals surface area contributed by atoms with Gasteiger partial charge in [0, 0.05) is 25.3 Å². The van der Waals surface area contributed by atoms with Crippen molar-refractivity contribution in [2.45, 2.75) is 12.8 Å². The Morgan fingerprint density at radius 3 is 2.58 bits per heavy atom. The third kappa shape index (κ3) is 3.76. The molecule has 132 valence electrons. The minimum atomic E-state index is -3.31. The molecule has 2 aliphatic rings. The standard InChI is InChI=1S/C15H20ClN3O4S/c16-13-11-12(17-15(20)18-6-8-23-9-7-18)3-4-14(13)19-5-1-2-10-24(19,21)22/h3-4,11H,1-2,5-10H2,(H,17,20). The van der Waals surface area contributed by atoms with Crippen LogP contribution >= 0.6 is 11.6 Å². The molecule has 2 amide bonds. The fourth-order valence-corrected chi connectivity index (χ4v) is 4.80. The van der Waals surface area contributed by atoms with Gasteiger partial charge in [0.25, 0.3) is 0 Å². The number of carbonyl (C=O) groups is 1. The molecule has 0 spiro atoms. The average molecular weight is 374 g/mol. The minimum absolute atomic E-state index is 0.138. The Morgan fingerprint density at radius 2 is 1.92 bits per heavy atom. The highest BCUT2D eigenvalue weighted by atomic mass is 35.5. The Bertz CT molecular complexity index is 719. The molecule has 24 heavy (non-hydrogen) atoms. The average Bonchev–Trinajstić information content (AvgIpc) is 2.56. The van der Waals surface area contributed by atoms with E-state index in [-0.39, 0.29) is 11.8 Å². The predicted molar refractivity (Wildman–Crippen MR) is 93.2 cm³/mol. The smallest absolute Gasteiger partial charge is 0.322 e. The van der Waals surface area contributed by atoms with Gasteiger partial charge in [-0.3, -0.25) is 4.31 Å². The van der Waals surface area contributed by atoms with Crippen LogP contribution < -0.4 is 9.62 Å². The van der Waals surface area contributed by atoms with Crippen LogP contribution in [-0.2, 0) is 14.8 Å². The number of nitrogens with one attached hydrogen (secondary N) is 1. The molecular weight excluding hydrogens is 354 g/mol. The Morgan fingerprint density at radius 1 is 1.17 bits per heavy atom. The number of morpholine rings is 1. The summed E-state index contributed by atoms with van der Waals surface area (Å²) in [5.74, 6) is 0.138. The van der Waals surface area contributed by atoms with E-state index < -0.39 is 10.0 Å². The summed E-state index contributed by atoms with van der Waals surface area (Å²) in [7, 11) is -3.31. The Balaban J connectivity index is 1.73. The molecule has 1 N–H and O–H groups in total. The molecule has 0 aliphatic carbocycles. The van der Waals surface area contributed by atoms with Gasteiger partial charge in [0.2, 0.25) is 10.0 Å². The highest BCUT2D eigenvalue weighted by Gasteiger charge is 2.27. The van der Waals surface area contributed by atoms with Crippen molar-refractivity contribution in [1.29, 1.82) is 0 Å². The zero-order valence-corrected chi connectivity index (χ0v) is 14.8. The Hall–Kier alpha value is -1.51. The normalized spacial score (nSPS) is 20.7. The molecule has 2 heterocycles. The summed E-state index contributed by atoms with van der Waals surface area (Å²) in [6.07, 6.45) is 1.48. The van der Waals surface area contributed by atoms with Crippen LogP contribution in [0.25, 0.3) is 0 Å². The zero-order chi connectivity index (χ0) is 17.2. The van der Waals surface area contributed by atoms with Crippen LogP contribution in [0.4, 0.5) is 16.2 Å². The molecule has 3 rings (SSSR count). The van der Waals surface area contributed by atoms with Gasteiger partial charge in [0.1, 0.15) is 0 Å². The lowest BCUT2D eigenvalue weighted by molar-refractivity contribution is 0.0564. The molecule has 0 aromatic heterocycles. The predicted octanol–water partition coefficient (Wildman–Crippen LogP) is 2.13. The monoisotopic (exact) mass is 373 g/mol. The number of halogens is 1. The van der Waals surface area contributed by atoms with Gasteiger partial charge in [-0.25, -0.2) is 13.2 Å². The molecule has 0 bridgehead atoms. The lowest BCUT2D eigenvalue weighted by atomic mass is 10.2. The SMILES string of the molecule is O=C(Nc1ccc(N2CCCCS2(=O)=O)c(Cl)c1)N1CCOCC1. The number of benzene rings is 1. The Labute approximate surface area is 146 Å². The quantitative estimate of drug-likeness (QED) is 0.861. The van der Waals surface area contributed by atoms with Crippen LogP contribution in [-0.4, -0.2) is 57.9 Å². The van der Waals surface area contributed by atoms with E-state index in [1.807, 2.05) is 0 Å². The topological polar surface area (TPSA) is 79.0 Å². The molecule has 1 aromatic rings. The van der Waals surface area contributed by atoms with E-state index in [0.29, 0.717) is 55.7 Å². The molecule has 2 saturated heterocycles. The maximum atomic E-state index is 12.2. The van der Waals surface area contributed by atoms with Crippen molar-refractivity contribution in [2.75, 3.05) is 48.2 Å². The van der Waals surface area contributed by atoms with Crippen molar-refractivity contribution >= 4 is 39.0 Å². The first-order valence-corrected chi connectivity index (χ1v) is 9.90. The van der Waals surface area contributed by atoms with E-state index >= 15 is 0 Å². The first-order chi connectivity index (χ1) is 11.5. The Kier molecular flexibility index (Phi) is 5.17. The van der Waals surface area contributed by atoms with Gasteiger partial charge in [-0.05, 0) is 31.0 Å². The van der Waals surface area contributed by atoms with E-state index in [4.69, 9.17) is 16.3 Å². The van der Waals surface area contributed by atoms with Crippen LogP contribution in [0.3, 0.4) is 0 Å². The lowest BCUT2D eigenvalue weighted by Gasteiger charge is -2.29. The molecule has 0 saturated carbocycles. The van der Waals surface area contributed by atoms with E-state index in [2.05, 4.69) is 5.32 Å². The van der Waals surface area contributed by atoms with Crippen molar-refractivity contribution in [3.8, 4) is 0 Å². The number of amides is 2. The van der Waals surface area contributed by atoms with E-state index in [0.717, 1.165) is 6.42 Å². The van der Waals surface area contributed by atoms with Gasteiger partial charge >= 0.3 is 6.03 Å². The number of rotatable bonds is 2. The number of urea groups is 1. The maximum absolute atomic E-state index is 12.2. The number of hydrogen-bond acceptors (Lipinski definition) is 4. The summed E-state index contributed by atoms with van der Waals surface area (Å²) in [6.45, 7) is 2.58. The number of anilines is 2. The number of nitrogens with zero attached hydrogens (tertiary/aromatic N) is 2. The number of ether oxygens (including phenoxy) is 1. The fraction of sp³-hybridized carbons (Fsp3) is 0.533. The second-order valence-electron chi connectivity index (χ2n) is 5.79. The number of carbonyl (C=O) groups excluding carboxylic acids is 1. The second kappa shape index (κ2) is 7.16. The summed E-state index contributed by atoms with van der Waals surface area (Å²) in [6, 6.07) is 4.68. The van der Waals surface area contributed by atoms with Crippen molar-refractivity contribution in [3.63, 3.8) is 0 Å². The summed E-state index contributed by atoms with van der Waals surface area (Å²) in [5.41, 5.74) is 0.996. The molecule has 2 fully saturated rings. The number of hydrogen-bond donors (Lipinski definition) is 1. The van der Waals surface area contributed by atoms with Crippen molar-refractivity contribution in [2.24, 2.45) is 0 Å². The van der Waals surface area contributed by atoms with Crippen LogP contribution in [0.5, 0.6) is 0 Å². The molecule has 1 aromatic carbocycles. The molecule has 0 unspecified atom stereocenters. The van der Waals surface area contributed by atoms with Crippen molar-refractivity contribution in [1.82, 2.24) is 4.90 Å². The van der Waals surface area contributed by atoms with Gasteiger partial charge in [0.05, 0.1) is 29.7 Å². The van der Waals surface area contributed by atoms with Gasteiger partial charge in [-0.2, -0.15) is 0 Å². The van der Waals surface area contributed by atoms with Crippen LogP contribution in [0, 0.1) is 0 Å². The van der Waals surface area contributed by atoms with Gasteiger partial charge < -0.3 is 15.0 Å². The third-order valence-corrected chi connectivity index (χ3v) is 6.27. The molecular formula is C15H20ClN3O4S. The van der Waals surface area contributed by atoms with Gasteiger partial charge in [-0.15, -0.1) is 0 Å². The minimum Gasteiger partial charge on any atom is -0.378 e. The summed E-state index contributed by atoms with van der Waals surface area (Å²) < 4.78 is 30.9. The van der Waals surface area contributed by atoms with Crippen LogP contribution in [0.1, 0.15) is 12.8 Å². The maximum Gasteiger partial charge on any atom is 0.322 e. The van der Waals surface area contributed by atoms with E-state index in [1.54, 1.807) is 23.1 Å². The van der Waals surface area contributed by atoms with Crippen molar-refractivity contribution < 1.29 is 17.9 Å². The van der Waals surface area contributed by atoms with Crippen molar-refractivity contribution in [3.05, 3.63) is 23.2 Å². The first kappa shape index (κ1) is 17.3. The largest absolute Gasteiger partial charge is 0.378 e. The molecule has 2 aliphatic heterocycles. The summed E-state index contributed by atoms with van der Waals surface area (Å²) in [5, 5.41) is 3.09. The highest BCUT2D eigenvalue weighted by molar-refractivity contribution is 7.92. The fourth-order valence-electron chi connectivity index (χ4n) is 2.82. The molecule has 9 heteroatoms. The van der Waals surface area contributed by atoms with Crippen LogP contribution in [0.2, 0.25) is 5.02 Å². The van der Waals surface area contributed by atoms with Crippen LogP contribution in [0.15, 0.2) is 18.2 Å². The molecule has 0 atom stereocenters. The first-order valence-electron chi connectivity index (χ1n) is 7.91. The van der Waals surface area contributed by atoms with Gasteiger partial charge in [-0.1, -0.05) is 11.6 Å². The second-order valence-corrected chi connectivity index (χ2v) is 8.21. The zero-order valence-electron chi connectivity index (χ0n) is 13.2. The molecule has 7 nitrogen and oxygen atoms in total. The van der Waals surface area contributed by atoms with Gasteiger partial charge in [0.15, 0.2) is 0 Å². The lowest BCUT2D eigenvalue weighted by Crippen LogP contribution is -2.43. The van der Waals surface area contributed by atoms with E-state index in [9.17, 15) is 13.2 Å². The summed E-state index contributed by atoms with van der Waals surface area (Å²) in [4.78, 5) is 13.8. The highest BCUT2D eigenvalue weighted by Crippen LogP contribution is 2.32. The number of sulfonamides is 1. The van der Waals surface area contributed by atoms with E-state index in [1.165, 1.54) is 4.31 Å². The summed E-state index contributed by atoms with van der Waals surface area (Å²) >= 11 is 6.27. The molecule has 0 radical (unpaired) electrons. The third-order valence-electron chi connectivity index (χ3n) is 4.12.